The van der Waals surface area contributed by atoms with E-state index >= 15 is 0 Å². The van der Waals surface area contributed by atoms with Gasteiger partial charge in [0.15, 0.2) is 4.67 Å². The van der Waals surface area contributed by atoms with Gasteiger partial charge in [-0.3, -0.25) is 4.31 Å². The van der Waals surface area contributed by atoms with Crippen molar-refractivity contribution in [2.24, 2.45) is 0 Å². The van der Waals surface area contributed by atoms with E-state index in [4.69, 9.17) is 9.52 Å². The topological polar surface area (TPSA) is 87.8 Å². The molecule has 0 saturated carbocycles. The van der Waals surface area contributed by atoms with Gasteiger partial charge in [-0.25, -0.2) is 17.6 Å². The number of rotatable bonds is 4. The van der Waals surface area contributed by atoms with Crippen LogP contribution in [-0.2, 0) is 10.0 Å². The lowest BCUT2D eigenvalue weighted by atomic mass is 10.3. The molecular weight excluding hydrogens is 369 g/mol. The lowest BCUT2D eigenvalue weighted by Crippen LogP contribution is -2.26. The van der Waals surface area contributed by atoms with Crippen LogP contribution < -0.4 is 4.31 Å². The molecule has 0 fully saturated rings. The molecule has 1 heterocycles. The molecule has 0 aliphatic carbocycles. The molecule has 1 aromatic carbocycles. The second-order valence-electron chi connectivity index (χ2n) is 4.00. The summed E-state index contributed by atoms with van der Waals surface area (Å²) < 4.78 is 43.2. The van der Waals surface area contributed by atoms with E-state index < -0.39 is 27.6 Å². The van der Waals surface area contributed by atoms with E-state index in [2.05, 4.69) is 15.9 Å². The van der Waals surface area contributed by atoms with Gasteiger partial charge in [-0.1, -0.05) is 0 Å². The minimum atomic E-state index is -4.04. The summed E-state index contributed by atoms with van der Waals surface area (Å²) in [5.74, 6) is -2.39. The molecule has 0 atom stereocenters. The van der Waals surface area contributed by atoms with Crippen LogP contribution in [0.2, 0.25) is 0 Å². The number of sulfonamides is 1. The maximum Gasteiger partial charge on any atom is 0.371 e. The first kappa shape index (κ1) is 15.5. The van der Waals surface area contributed by atoms with Crippen LogP contribution in [0.25, 0.3) is 0 Å². The number of hydrogen-bond donors (Lipinski definition) is 1. The molecule has 6 nitrogen and oxygen atoms in total. The molecule has 0 spiro atoms. The van der Waals surface area contributed by atoms with Gasteiger partial charge in [-0.2, -0.15) is 0 Å². The van der Waals surface area contributed by atoms with Crippen molar-refractivity contribution in [2.45, 2.75) is 4.90 Å². The van der Waals surface area contributed by atoms with Crippen molar-refractivity contribution in [2.75, 3.05) is 11.4 Å². The number of hydrogen-bond acceptors (Lipinski definition) is 4. The van der Waals surface area contributed by atoms with Crippen LogP contribution in [0, 0.1) is 5.82 Å². The Bertz CT molecular complexity index is 784. The number of nitrogens with zero attached hydrogens (tertiary/aromatic N) is 1. The Morgan fingerprint density at radius 3 is 2.38 bits per heavy atom. The van der Waals surface area contributed by atoms with E-state index in [0.717, 1.165) is 22.5 Å². The van der Waals surface area contributed by atoms with Gasteiger partial charge >= 0.3 is 5.97 Å². The molecule has 0 saturated heterocycles. The van der Waals surface area contributed by atoms with Gasteiger partial charge in [0.25, 0.3) is 10.0 Å². The average molecular weight is 378 g/mol. The van der Waals surface area contributed by atoms with Crippen molar-refractivity contribution < 1.29 is 27.1 Å². The zero-order chi connectivity index (χ0) is 15.8. The van der Waals surface area contributed by atoms with Crippen molar-refractivity contribution in [1.82, 2.24) is 0 Å². The van der Waals surface area contributed by atoms with Gasteiger partial charge in [0.05, 0.1) is 5.69 Å². The Morgan fingerprint density at radius 2 is 1.90 bits per heavy atom. The SMILES string of the molecule is CN(c1ccc(F)cc1)S(=O)(=O)c1cc(C(=O)O)oc1Br. The number of carboxylic acids is 1. The zero-order valence-electron chi connectivity index (χ0n) is 10.6. The van der Waals surface area contributed by atoms with Gasteiger partial charge in [-0.15, -0.1) is 0 Å². The first-order valence-electron chi connectivity index (χ1n) is 5.50. The molecule has 0 bridgehead atoms. The van der Waals surface area contributed by atoms with Crippen LogP contribution in [-0.4, -0.2) is 26.5 Å². The van der Waals surface area contributed by atoms with Crippen molar-refractivity contribution in [3.63, 3.8) is 0 Å². The van der Waals surface area contributed by atoms with Crippen LogP contribution >= 0.6 is 15.9 Å². The molecule has 0 aliphatic heterocycles. The number of anilines is 1. The number of benzene rings is 1. The number of carbonyl (C=O) groups is 1. The fraction of sp³-hybridized carbons (Fsp3) is 0.0833. The van der Waals surface area contributed by atoms with E-state index in [1.165, 1.54) is 19.2 Å². The van der Waals surface area contributed by atoms with Crippen molar-refractivity contribution in [3.8, 4) is 0 Å². The van der Waals surface area contributed by atoms with Gasteiger partial charge < -0.3 is 9.52 Å². The third kappa shape index (κ3) is 2.93. The Balaban J connectivity index is 2.46. The highest BCUT2D eigenvalue weighted by atomic mass is 79.9. The van der Waals surface area contributed by atoms with E-state index in [9.17, 15) is 17.6 Å². The minimum Gasteiger partial charge on any atom is -0.475 e. The van der Waals surface area contributed by atoms with Gasteiger partial charge in [0.2, 0.25) is 5.76 Å². The number of aromatic carboxylic acids is 1. The van der Waals surface area contributed by atoms with Gasteiger partial charge in [0, 0.05) is 13.1 Å². The average Bonchev–Trinajstić information content (AvgIpc) is 2.82. The molecule has 9 heteroatoms. The summed E-state index contributed by atoms with van der Waals surface area (Å²) in [5.41, 5.74) is 0.223. The summed E-state index contributed by atoms with van der Waals surface area (Å²) in [5, 5.41) is 8.81. The first-order valence-corrected chi connectivity index (χ1v) is 7.74. The highest BCUT2D eigenvalue weighted by Gasteiger charge is 2.29. The fourth-order valence-electron chi connectivity index (χ4n) is 1.57. The summed E-state index contributed by atoms with van der Waals surface area (Å²) in [7, 11) is -2.77. The van der Waals surface area contributed by atoms with Gasteiger partial charge in [-0.05, 0) is 40.2 Å². The second-order valence-corrected chi connectivity index (χ2v) is 6.66. The summed E-state index contributed by atoms with van der Waals surface area (Å²) in [6.07, 6.45) is 0. The van der Waals surface area contributed by atoms with Crippen LogP contribution in [0.5, 0.6) is 0 Å². The molecule has 2 aromatic rings. The summed E-state index contributed by atoms with van der Waals surface area (Å²) in [6.45, 7) is 0. The number of halogens is 2. The molecule has 0 aliphatic rings. The third-order valence-electron chi connectivity index (χ3n) is 2.69. The van der Waals surface area contributed by atoms with Crippen molar-refractivity contribution >= 4 is 37.6 Å². The largest absolute Gasteiger partial charge is 0.475 e. The van der Waals surface area contributed by atoms with Crippen molar-refractivity contribution in [1.29, 1.82) is 0 Å². The van der Waals surface area contributed by atoms with Crippen LogP contribution in [0.15, 0.2) is 44.3 Å². The molecule has 0 radical (unpaired) electrons. The van der Waals surface area contributed by atoms with Crippen molar-refractivity contribution in [3.05, 3.63) is 46.6 Å². The first-order chi connectivity index (χ1) is 9.73. The van der Waals surface area contributed by atoms with E-state index in [1.807, 2.05) is 0 Å². The Kier molecular flexibility index (Phi) is 4.06. The molecule has 21 heavy (non-hydrogen) atoms. The highest BCUT2D eigenvalue weighted by molar-refractivity contribution is 9.10. The van der Waals surface area contributed by atoms with Crippen LogP contribution in [0.4, 0.5) is 10.1 Å². The second kappa shape index (κ2) is 5.49. The van der Waals surface area contributed by atoms with Gasteiger partial charge in [0.1, 0.15) is 10.7 Å². The van der Waals surface area contributed by atoms with Crippen LogP contribution in [0.1, 0.15) is 10.6 Å². The Labute approximate surface area is 128 Å². The predicted molar refractivity (Wildman–Crippen MR) is 75.4 cm³/mol. The maximum atomic E-state index is 12.9. The lowest BCUT2D eigenvalue weighted by molar-refractivity contribution is 0.0661. The summed E-state index contributed by atoms with van der Waals surface area (Å²) >= 11 is 2.88. The molecule has 0 unspecified atom stereocenters. The minimum absolute atomic E-state index is 0.214. The smallest absolute Gasteiger partial charge is 0.371 e. The van der Waals surface area contributed by atoms with Crippen LogP contribution in [0.3, 0.4) is 0 Å². The zero-order valence-corrected chi connectivity index (χ0v) is 13.0. The lowest BCUT2D eigenvalue weighted by Gasteiger charge is -2.18. The molecule has 1 aromatic heterocycles. The molecule has 2 rings (SSSR count). The third-order valence-corrected chi connectivity index (χ3v) is 5.34. The number of furan rings is 1. The predicted octanol–water partition coefficient (Wildman–Crippen LogP) is 2.70. The monoisotopic (exact) mass is 377 g/mol. The summed E-state index contributed by atoms with van der Waals surface area (Å²) in [4.78, 5) is 10.5. The maximum absolute atomic E-state index is 12.9. The fourth-order valence-corrected chi connectivity index (χ4v) is 3.67. The molecular formula is C12H9BrFNO5S. The molecule has 0 amide bonds. The molecule has 1 N–H and O–H groups in total. The Hall–Kier alpha value is -1.87. The van der Waals surface area contributed by atoms with E-state index in [1.54, 1.807) is 0 Å². The summed E-state index contributed by atoms with van der Waals surface area (Å²) in [6, 6.07) is 5.72. The molecule has 112 valence electrons. The Morgan fingerprint density at radius 1 is 1.33 bits per heavy atom. The number of carboxylic acid groups (broad SMARTS) is 1. The normalized spacial score (nSPS) is 11.4. The quantitative estimate of drug-likeness (QED) is 0.884. The van der Waals surface area contributed by atoms with E-state index in [-0.39, 0.29) is 15.3 Å². The van der Waals surface area contributed by atoms with E-state index in [0.29, 0.717) is 0 Å². The highest BCUT2D eigenvalue weighted by Crippen LogP contribution is 2.30. The standard InChI is InChI=1S/C12H9BrFNO5S/c1-15(8-4-2-7(14)3-5-8)21(18,19)10-6-9(12(16)17)20-11(10)13/h2-6H,1H3,(H,16,17).